The zero-order valence-electron chi connectivity index (χ0n) is 11.3. The van der Waals surface area contributed by atoms with Crippen molar-refractivity contribution < 1.29 is 4.52 Å². The number of aromatic nitrogens is 2. The minimum Gasteiger partial charge on any atom is -0.339 e. The average Bonchev–Trinajstić information content (AvgIpc) is 2.87. The molecule has 4 nitrogen and oxygen atoms in total. The second-order valence-corrected chi connectivity index (χ2v) is 6.06. The molecule has 1 saturated carbocycles. The molecular formula is C15H18ClN3O. The van der Waals surface area contributed by atoms with Gasteiger partial charge in [0.2, 0.25) is 11.7 Å². The van der Waals surface area contributed by atoms with Crippen LogP contribution in [-0.2, 0) is 6.42 Å². The molecule has 1 aliphatic rings. The maximum Gasteiger partial charge on any atom is 0.228 e. The van der Waals surface area contributed by atoms with Gasteiger partial charge < -0.3 is 10.3 Å². The third-order valence-corrected chi connectivity index (χ3v) is 4.14. The molecule has 2 N–H and O–H groups in total. The highest BCUT2D eigenvalue weighted by Gasteiger charge is 2.30. The first-order valence-electron chi connectivity index (χ1n) is 7.02. The second-order valence-electron chi connectivity index (χ2n) is 5.62. The van der Waals surface area contributed by atoms with E-state index in [4.69, 9.17) is 21.9 Å². The SMILES string of the molecule is NC1(Cc2nc(-c3cccc(Cl)c3)no2)CCCCC1. The molecule has 3 rings (SSSR count). The van der Waals surface area contributed by atoms with Gasteiger partial charge in [-0.3, -0.25) is 0 Å². The molecular weight excluding hydrogens is 274 g/mol. The van der Waals surface area contributed by atoms with Crippen molar-refractivity contribution in [2.75, 3.05) is 0 Å². The number of nitrogens with two attached hydrogens (primary N) is 1. The van der Waals surface area contributed by atoms with Gasteiger partial charge >= 0.3 is 0 Å². The van der Waals surface area contributed by atoms with Crippen LogP contribution in [0.5, 0.6) is 0 Å². The van der Waals surface area contributed by atoms with Crippen molar-refractivity contribution in [3.63, 3.8) is 0 Å². The Kier molecular flexibility index (Phi) is 3.76. The largest absolute Gasteiger partial charge is 0.339 e. The zero-order chi connectivity index (χ0) is 14.0. The summed E-state index contributed by atoms with van der Waals surface area (Å²) in [5.41, 5.74) is 7.09. The van der Waals surface area contributed by atoms with Crippen molar-refractivity contribution in [2.45, 2.75) is 44.1 Å². The summed E-state index contributed by atoms with van der Waals surface area (Å²) >= 11 is 5.97. The smallest absolute Gasteiger partial charge is 0.228 e. The van der Waals surface area contributed by atoms with Crippen LogP contribution < -0.4 is 5.73 Å². The first kappa shape index (κ1) is 13.6. The number of rotatable bonds is 3. The first-order chi connectivity index (χ1) is 9.65. The highest BCUT2D eigenvalue weighted by molar-refractivity contribution is 6.30. The van der Waals surface area contributed by atoms with Crippen molar-refractivity contribution in [1.82, 2.24) is 10.1 Å². The summed E-state index contributed by atoms with van der Waals surface area (Å²) in [6.45, 7) is 0. The van der Waals surface area contributed by atoms with Crippen LogP contribution in [0.3, 0.4) is 0 Å². The molecule has 1 aromatic carbocycles. The van der Waals surface area contributed by atoms with Crippen molar-refractivity contribution in [2.24, 2.45) is 5.73 Å². The lowest BCUT2D eigenvalue weighted by Crippen LogP contribution is -2.43. The fraction of sp³-hybridized carbons (Fsp3) is 0.467. The summed E-state index contributed by atoms with van der Waals surface area (Å²) in [6.07, 6.45) is 6.36. The van der Waals surface area contributed by atoms with Crippen LogP contribution in [-0.4, -0.2) is 15.7 Å². The van der Waals surface area contributed by atoms with E-state index >= 15 is 0 Å². The van der Waals surface area contributed by atoms with Crippen LogP contribution in [0.25, 0.3) is 11.4 Å². The van der Waals surface area contributed by atoms with Gasteiger partial charge in [0.15, 0.2) is 0 Å². The van der Waals surface area contributed by atoms with Crippen molar-refractivity contribution in [3.05, 3.63) is 35.2 Å². The number of hydrogen-bond donors (Lipinski definition) is 1. The molecule has 2 aromatic rings. The minimum absolute atomic E-state index is 0.184. The third-order valence-electron chi connectivity index (χ3n) is 3.90. The number of nitrogens with zero attached hydrogens (tertiary/aromatic N) is 2. The van der Waals surface area contributed by atoms with Gasteiger partial charge in [0.05, 0.1) is 0 Å². The molecule has 0 aliphatic heterocycles. The van der Waals surface area contributed by atoms with Gasteiger partial charge in [0.25, 0.3) is 0 Å². The lowest BCUT2D eigenvalue weighted by Gasteiger charge is -2.31. The van der Waals surface area contributed by atoms with Gasteiger partial charge in [-0.1, -0.05) is 48.2 Å². The Hall–Kier alpha value is -1.39. The van der Waals surface area contributed by atoms with Crippen LogP contribution in [0.1, 0.15) is 38.0 Å². The Morgan fingerprint density at radius 2 is 2.05 bits per heavy atom. The van der Waals surface area contributed by atoms with Crippen LogP contribution in [0.15, 0.2) is 28.8 Å². The summed E-state index contributed by atoms with van der Waals surface area (Å²) in [5, 5.41) is 4.69. The van der Waals surface area contributed by atoms with E-state index in [1.54, 1.807) is 0 Å². The molecule has 1 aromatic heterocycles. The van der Waals surface area contributed by atoms with E-state index in [-0.39, 0.29) is 5.54 Å². The molecule has 0 amide bonds. The Balaban J connectivity index is 1.77. The zero-order valence-corrected chi connectivity index (χ0v) is 12.1. The molecule has 0 radical (unpaired) electrons. The quantitative estimate of drug-likeness (QED) is 0.938. The van der Waals surface area contributed by atoms with E-state index in [0.29, 0.717) is 23.2 Å². The van der Waals surface area contributed by atoms with Gasteiger partial charge in [-0.2, -0.15) is 4.98 Å². The summed E-state index contributed by atoms with van der Waals surface area (Å²) < 4.78 is 5.34. The Morgan fingerprint density at radius 3 is 2.80 bits per heavy atom. The molecule has 1 fully saturated rings. The molecule has 1 aliphatic carbocycles. The summed E-state index contributed by atoms with van der Waals surface area (Å²) in [7, 11) is 0. The molecule has 1 heterocycles. The standard InChI is InChI=1S/C15H18ClN3O/c16-12-6-4-5-11(9-12)14-18-13(20-19-14)10-15(17)7-2-1-3-8-15/h4-6,9H,1-3,7-8,10,17H2. The lowest BCUT2D eigenvalue weighted by molar-refractivity contribution is 0.261. The van der Waals surface area contributed by atoms with E-state index in [1.165, 1.54) is 19.3 Å². The van der Waals surface area contributed by atoms with E-state index in [2.05, 4.69) is 10.1 Å². The van der Waals surface area contributed by atoms with Crippen LogP contribution in [0.4, 0.5) is 0 Å². The van der Waals surface area contributed by atoms with Crippen molar-refractivity contribution in [3.8, 4) is 11.4 Å². The Bertz CT molecular complexity index is 590. The van der Waals surface area contributed by atoms with E-state index < -0.39 is 0 Å². The minimum atomic E-state index is -0.184. The van der Waals surface area contributed by atoms with Gasteiger partial charge in [0, 0.05) is 22.5 Å². The number of halogens is 1. The Labute approximate surface area is 123 Å². The normalized spacial score (nSPS) is 18.1. The lowest BCUT2D eigenvalue weighted by atomic mass is 9.80. The second kappa shape index (κ2) is 5.54. The maximum atomic E-state index is 6.41. The molecule has 0 saturated heterocycles. The highest BCUT2D eigenvalue weighted by atomic mass is 35.5. The predicted octanol–water partition coefficient (Wildman–Crippen LogP) is 3.59. The molecule has 0 spiro atoms. The fourth-order valence-corrected chi connectivity index (χ4v) is 3.00. The summed E-state index contributed by atoms with van der Waals surface area (Å²) in [6, 6.07) is 7.44. The average molecular weight is 292 g/mol. The van der Waals surface area contributed by atoms with Crippen LogP contribution in [0, 0.1) is 0 Å². The third kappa shape index (κ3) is 3.02. The molecule has 0 atom stereocenters. The monoisotopic (exact) mass is 291 g/mol. The fourth-order valence-electron chi connectivity index (χ4n) is 2.81. The van der Waals surface area contributed by atoms with E-state index in [9.17, 15) is 0 Å². The van der Waals surface area contributed by atoms with Crippen LogP contribution >= 0.6 is 11.6 Å². The molecule has 5 heteroatoms. The van der Waals surface area contributed by atoms with Crippen molar-refractivity contribution >= 4 is 11.6 Å². The molecule has 20 heavy (non-hydrogen) atoms. The number of benzene rings is 1. The first-order valence-corrected chi connectivity index (χ1v) is 7.40. The molecule has 0 bridgehead atoms. The highest BCUT2D eigenvalue weighted by Crippen LogP contribution is 2.29. The molecule has 106 valence electrons. The maximum absolute atomic E-state index is 6.41. The van der Waals surface area contributed by atoms with Crippen LogP contribution in [0.2, 0.25) is 5.02 Å². The van der Waals surface area contributed by atoms with Gasteiger partial charge in [-0.15, -0.1) is 0 Å². The molecule has 0 unspecified atom stereocenters. The van der Waals surface area contributed by atoms with Crippen molar-refractivity contribution in [1.29, 1.82) is 0 Å². The van der Waals surface area contributed by atoms with E-state index in [0.717, 1.165) is 18.4 Å². The number of hydrogen-bond acceptors (Lipinski definition) is 4. The topological polar surface area (TPSA) is 64.9 Å². The Morgan fingerprint density at radius 1 is 1.25 bits per heavy atom. The van der Waals surface area contributed by atoms with Gasteiger partial charge in [0.1, 0.15) is 0 Å². The van der Waals surface area contributed by atoms with Gasteiger partial charge in [-0.05, 0) is 25.0 Å². The predicted molar refractivity (Wildman–Crippen MR) is 78.5 cm³/mol. The van der Waals surface area contributed by atoms with Gasteiger partial charge in [-0.25, -0.2) is 0 Å². The summed E-state index contributed by atoms with van der Waals surface area (Å²) in [5.74, 6) is 1.19. The summed E-state index contributed by atoms with van der Waals surface area (Å²) in [4.78, 5) is 4.44. The van der Waals surface area contributed by atoms with E-state index in [1.807, 2.05) is 24.3 Å².